The number of methoxy groups -OCH3 is 1. The van der Waals surface area contributed by atoms with E-state index < -0.39 is 0 Å². The minimum absolute atomic E-state index is 0.0364. The molecule has 1 heterocycles. The van der Waals surface area contributed by atoms with E-state index in [2.05, 4.69) is 10.3 Å². The van der Waals surface area contributed by atoms with E-state index >= 15 is 0 Å². The minimum atomic E-state index is -0.179. The summed E-state index contributed by atoms with van der Waals surface area (Å²) in [5, 5.41) is 2.79. The quantitative estimate of drug-likeness (QED) is 0.785. The third-order valence-corrected chi connectivity index (χ3v) is 3.43. The van der Waals surface area contributed by atoms with Crippen molar-refractivity contribution in [3.05, 3.63) is 59.5 Å². The number of hydrogen-bond acceptors (Lipinski definition) is 4. The van der Waals surface area contributed by atoms with Gasteiger partial charge >= 0.3 is 0 Å². The van der Waals surface area contributed by atoms with Crippen molar-refractivity contribution >= 4 is 22.7 Å². The average molecular weight is 310 g/mol. The number of anilines is 1. The van der Waals surface area contributed by atoms with Gasteiger partial charge in [-0.2, -0.15) is 0 Å². The van der Waals surface area contributed by atoms with Gasteiger partial charge in [-0.15, -0.1) is 0 Å². The molecular formula is C18H18N2O3. The van der Waals surface area contributed by atoms with Crippen molar-refractivity contribution in [2.75, 3.05) is 19.0 Å². The van der Waals surface area contributed by atoms with Crippen molar-refractivity contribution in [2.24, 2.45) is 0 Å². The lowest BCUT2D eigenvalue weighted by Gasteiger charge is -2.06. The summed E-state index contributed by atoms with van der Waals surface area (Å²) in [5.74, 6) is 0.480. The van der Waals surface area contributed by atoms with Gasteiger partial charge in [-0.3, -0.25) is 4.79 Å². The number of benzene rings is 2. The molecule has 0 saturated heterocycles. The Bertz CT molecular complexity index is 839. The number of nitrogens with zero attached hydrogens (tertiary/aromatic N) is 1. The number of rotatable bonds is 5. The minimum Gasteiger partial charge on any atom is -0.440 e. The Labute approximate surface area is 134 Å². The molecule has 0 atom stereocenters. The number of ether oxygens (including phenoxy) is 1. The zero-order chi connectivity index (χ0) is 16.2. The fraction of sp³-hybridized carbons (Fsp3) is 0.222. The van der Waals surface area contributed by atoms with Gasteiger partial charge in [0, 0.05) is 19.2 Å². The molecular weight excluding hydrogens is 292 g/mol. The van der Waals surface area contributed by atoms with Crippen molar-refractivity contribution in [3.8, 4) is 0 Å². The maximum Gasteiger partial charge on any atom is 0.250 e. The molecule has 0 aliphatic carbocycles. The maximum atomic E-state index is 11.6. The predicted molar refractivity (Wildman–Crippen MR) is 88.5 cm³/mol. The summed E-state index contributed by atoms with van der Waals surface area (Å²) >= 11 is 0. The highest BCUT2D eigenvalue weighted by Gasteiger charge is 2.08. The van der Waals surface area contributed by atoms with Crippen LogP contribution >= 0.6 is 0 Å². The van der Waals surface area contributed by atoms with E-state index in [1.165, 1.54) is 7.11 Å². The van der Waals surface area contributed by atoms with Crippen molar-refractivity contribution in [1.29, 1.82) is 0 Å². The number of oxazole rings is 1. The molecule has 0 unspecified atom stereocenters. The number of fused-ring (bicyclic) bond motifs is 1. The molecule has 0 fully saturated rings. The Morgan fingerprint density at radius 3 is 2.96 bits per heavy atom. The van der Waals surface area contributed by atoms with Crippen LogP contribution in [0.4, 0.5) is 5.69 Å². The second-order valence-corrected chi connectivity index (χ2v) is 5.44. The van der Waals surface area contributed by atoms with Gasteiger partial charge < -0.3 is 14.5 Å². The van der Waals surface area contributed by atoms with Gasteiger partial charge in [-0.05, 0) is 42.3 Å². The number of nitrogens with one attached hydrogen (secondary N) is 1. The molecule has 0 bridgehead atoms. The molecule has 0 spiro atoms. The predicted octanol–water partition coefficient (Wildman–Crippen LogP) is 3.31. The van der Waals surface area contributed by atoms with Crippen LogP contribution in [0.25, 0.3) is 11.1 Å². The number of carbonyl (C=O) groups is 1. The fourth-order valence-corrected chi connectivity index (χ4v) is 2.42. The van der Waals surface area contributed by atoms with Gasteiger partial charge in [0.2, 0.25) is 5.91 Å². The topological polar surface area (TPSA) is 64.4 Å². The van der Waals surface area contributed by atoms with Crippen LogP contribution in [0, 0.1) is 6.92 Å². The number of carbonyl (C=O) groups excluding carboxylic acids is 1. The molecule has 23 heavy (non-hydrogen) atoms. The summed E-state index contributed by atoms with van der Waals surface area (Å²) in [6.45, 7) is 2.06. The first kappa shape index (κ1) is 15.2. The smallest absolute Gasteiger partial charge is 0.250 e. The number of aromatic nitrogens is 1. The molecule has 0 radical (unpaired) electrons. The molecule has 1 N–H and O–H groups in total. The van der Waals surface area contributed by atoms with Crippen molar-refractivity contribution < 1.29 is 13.9 Å². The summed E-state index contributed by atoms with van der Waals surface area (Å²) in [6, 6.07) is 13.6. The van der Waals surface area contributed by atoms with E-state index in [1.807, 2.05) is 49.4 Å². The molecule has 0 saturated carbocycles. The molecule has 1 amide bonds. The Balaban J connectivity index is 1.77. The Morgan fingerprint density at radius 2 is 2.13 bits per heavy atom. The highest BCUT2D eigenvalue weighted by molar-refractivity contribution is 5.91. The largest absolute Gasteiger partial charge is 0.440 e. The zero-order valence-corrected chi connectivity index (χ0v) is 13.1. The Morgan fingerprint density at radius 1 is 1.26 bits per heavy atom. The highest BCUT2D eigenvalue weighted by Crippen LogP contribution is 2.20. The first-order valence-electron chi connectivity index (χ1n) is 7.38. The molecule has 0 aliphatic rings. The second kappa shape index (κ2) is 6.62. The normalized spacial score (nSPS) is 10.9. The Hall–Kier alpha value is -2.66. The molecule has 5 nitrogen and oxygen atoms in total. The van der Waals surface area contributed by atoms with Crippen LogP contribution in [-0.2, 0) is 16.0 Å². The lowest BCUT2D eigenvalue weighted by atomic mass is 10.1. The summed E-state index contributed by atoms with van der Waals surface area (Å²) in [7, 11) is 1.49. The average Bonchev–Trinajstić information content (AvgIpc) is 2.89. The SMILES string of the molecule is COCC(=O)Nc1cccc(Cc2nc3ccc(C)cc3o2)c1. The van der Waals surface area contributed by atoms with Crippen LogP contribution in [0.3, 0.4) is 0 Å². The second-order valence-electron chi connectivity index (χ2n) is 5.44. The van der Waals surface area contributed by atoms with E-state index in [9.17, 15) is 4.79 Å². The van der Waals surface area contributed by atoms with Crippen LogP contribution in [0.5, 0.6) is 0 Å². The Kier molecular flexibility index (Phi) is 4.39. The highest BCUT2D eigenvalue weighted by atomic mass is 16.5. The third-order valence-electron chi connectivity index (χ3n) is 3.43. The maximum absolute atomic E-state index is 11.6. The van der Waals surface area contributed by atoms with Crippen LogP contribution in [-0.4, -0.2) is 24.6 Å². The molecule has 118 valence electrons. The molecule has 1 aromatic heterocycles. The van der Waals surface area contributed by atoms with E-state index in [4.69, 9.17) is 9.15 Å². The molecule has 2 aromatic carbocycles. The number of amides is 1. The number of hydrogen-bond donors (Lipinski definition) is 1. The third kappa shape index (κ3) is 3.76. The van der Waals surface area contributed by atoms with Crippen molar-refractivity contribution in [2.45, 2.75) is 13.3 Å². The monoisotopic (exact) mass is 310 g/mol. The van der Waals surface area contributed by atoms with Crippen LogP contribution in [0.2, 0.25) is 0 Å². The first-order valence-corrected chi connectivity index (χ1v) is 7.38. The van der Waals surface area contributed by atoms with E-state index in [-0.39, 0.29) is 12.5 Å². The summed E-state index contributed by atoms with van der Waals surface area (Å²) < 4.78 is 10.6. The van der Waals surface area contributed by atoms with E-state index in [0.29, 0.717) is 12.3 Å². The van der Waals surface area contributed by atoms with Crippen LogP contribution < -0.4 is 5.32 Å². The molecule has 0 aliphatic heterocycles. The van der Waals surface area contributed by atoms with Crippen molar-refractivity contribution in [1.82, 2.24) is 4.98 Å². The zero-order valence-electron chi connectivity index (χ0n) is 13.1. The van der Waals surface area contributed by atoms with Gasteiger partial charge in [0.1, 0.15) is 12.1 Å². The van der Waals surface area contributed by atoms with Crippen LogP contribution in [0.15, 0.2) is 46.9 Å². The van der Waals surface area contributed by atoms with Gasteiger partial charge in [0.15, 0.2) is 11.5 Å². The van der Waals surface area contributed by atoms with Gasteiger partial charge in [0.05, 0.1) is 0 Å². The van der Waals surface area contributed by atoms with Gasteiger partial charge in [0.25, 0.3) is 0 Å². The van der Waals surface area contributed by atoms with E-state index in [1.54, 1.807) is 0 Å². The summed E-state index contributed by atoms with van der Waals surface area (Å²) in [6.07, 6.45) is 0.571. The lowest BCUT2D eigenvalue weighted by molar-refractivity contribution is -0.119. The number of aryl methyl sites for hydroxylation is 1. The van der Waals surface area contributed by atoms with Crippen molar-refractivity contribution in [3.63, 3.8) is 0 Å². The first-order chi connectivity index (χ1) is 11.1. The van der Waals surface area contributed by atoms with E-state index in [0.717, 1.165) is 27.9 Å². The summed E-state index contributed by atoms with van der Waals surface area (Å²) in [4.78, 5) is 16.1. The molecule has 3 rings (SSSR count). The van der Waals surface area contributed by atoms with Gasteiger partial charge in [-0.1, -0.05) is 18.2 Å². The van der Waals surface area contributed by atoms with Crippen LogP contribution in [0.1, 0.15) is 17.0 Å². The standard InChI is InChI=1S/C18H18N2O3/c1-12-6-7-15-16(8-12)23-18(20-15)10-13-4-3-5-14(9-13)19-17(21)11-22-2/h3-9H,10-11H2,1-2H3,(H,19,21). The molecule has 5 heteroatoms. The summed E-state index contributed by atoms with van der Waals surface area (Å²) in [5.41, 5.74) is 4.54. The fourth-order valence-electron chi connectivity index (χ4n) is 2.42. The lowest BCUT2D eigenvalue weighted by Crippen LogP contribution is -2.17. The van der Waals surface area contributed by atoms with Gasteiger partial charge in [-0.25, -0.2) is 4.98 Å². The molecule has 3 aromatic rings.